The average Bonchev–Trinajstić information content (AvgIpc) is 3.30. The first-order chi connectivity index (χ1) is 11.6. The molecule has 1 aromatic carbocycles. The molecule has 3 rings (SSSR count). The van der Waals surface area contributed by atoms with E-state index in [0.717, 1.165) is 31.5 Å². The number of halogens is 1. The van der Waals surface area contributed by atoms with Crippen LogP contribution >= 0.6 is 11.6 Å². The second kappa shape index (κ2) is 7.53. The van der Waals surface area contributed by atoms with Gasteiger partial charge in [-0.2, -0.15) is 0 Å². The standard InChI is InChI=1S/C18H24ClN3O2/c1-20-18(24)16(13-6-8-14(19)9-7-13)22-10-2-3-15(22)17(23)21-11-12-4-5-12/h6-9,12,15-16H,2-5,10-11H2,1H3,(H,20,24)(H,21,23). The Morgan fingerprint density at radius 3 is 2.58 bits per heavy atom. The average molecular weight is 350 g/mol. The molecular formula is C18H24ClN3O2. The molecule has 1 saturated heterocycles. The number of amides is 2. The molecule has 1 saturated carbocycles. The van der Waals surface area contributed by atoms with E-state index in [4.69, 9.17) is 11.6 Å². The summed E-state index contributed by atoms with van der Waals surface area (Å²) in [5.74, 6) is 0.594. The Hall–Kier alpha value is -1.59. The summed E-state index contributed by atoms with van der Waals surface area (Å²) in [6.45, 7) is 1.50. The van der Waals surface area contributed by atoms with Gasteiger partial charge in [-0.25, -0.2) is 0 Å². The van der Waals surface area contributed by atoms with Crippen LogP contribution in [0.2, 0.25) is 5.02 Å². The highest BCUT2D eigenvalue weighted by molar-refractivity contribution is 6.30. The lowest BCUT2D eigenvalue weighted by Crippen LogP contribution is -2.48. The summed E-state index contributed by atoms with van der Waals surface area (Å²) in [6.07, 6.45) is 4.13. The molecule has 0 radical (unpaired) electrons. The van der Waals surface area contributed by atoms with Gasteiger partial charge in [-0.1, -0.05) is 23.7 Å². The molecule has 1 aromatic rings. The number of benzene rings is 1. The Balaban J connectivity index is 1.78. The van der Waals surface area contributed by atoms with Crippen LogP contribution in [0.15, 0.2) is 24.3 Å². The van der Waals surface area contributed by atoms with E-state index in [-0.39, 0.29) is 17.9 Å². The SMILES string of the molecule is CNC(=O)C(c1ccc(Cl)cc1)N1CCCC1C(=O)NCC1CC1. The van der Waals surface area contributed by atoms with Crippen LogP contribution in [0.1, 0.15) is 37.3 Å². The maximum atomic E-state index is 12.6. The van der Waals surface area contributed by atoms with Gasteiger partial charge in [0.05, 0.1) is 6.04 Å². The Labute approximate surface area is 147 Å². The Bertz CT molecular complexity index is 601. The highest BCUT2D eigenvalue weighted by Gasteiger charge is 2.39. The molecule has 2 atom stereocenters. The Morgan fingerprint density at radius 2 is 1.96 bits per heavy atom. The van der Waals surface area contributed by atoms with E-state index >= 15 is 0 Å². The second-order valence-electron chi connectivity index (χ2n) is 6.65. The zero-order valence-electron chi connectivity index (χ0n) is 13.9. The predicted octanol–water partition coefficient (Wildman–Crippen LogP) is 2.12. The van der Waals surface area contributed by atoms with Crippen molar-refractivity contribution in [2.45, 2.75) is 37.8 Å². The van der Waals surface area contributed by atoms with Crippen LogP contribution in [0.25, 0.3) is 0 Å². The first-order valence-corrected chi connectivity index (χ1v) is 8.98. The maximum absolute atomic E-state index is 12.6. The van der Waals surface area contributed by atoms with E-state index in [9.17, 15) is 9.59 Å². The van der Waals surface area contributed by atoms with Gasteiger partial charge in [0, 0.05) is 25.2 Å². The quantitative estimate of drug-likeness (QED) is 0.827. The molecule has 6 heteroatoms. The monoisotopic (exact) mass is 349 g/mol. The van der Waals surface area contributed by atoms with Gasteiger partial charge in [0.25, 0.3) is 0 Å². The number of hydrogen-bond acceptors (Lipinski definition) is 3. The van der Waals surface area contributed by atoms with Crippen LogP contribution in [-0.2, 0) is 9.59 Å². The number of likely N-dealkylation sites (N-methyl/N-ethyl adjacent to an activating group) is 1. The maximum Gasteiger partial charge on any atom is 0.241 e. The number of nitrogens with one attached hydrogen (secondary N) is 2. The van der Waals surface area contributed by atoms with Gasteiger partial charge in [-0.15, -0.1) is 0 Å². The minimum absolute atomic E-state index is 0.0438. The molecule has 1 aliphatic carbocycles. The van der Waals surface area contributed by atoms with Gasteiger partial charge in [0.2, 0.25) is 11.8 Å². The van der Waals surface area contributed by atoms with E-state index in [0.29, 0.717) is 10.9 Å². The first kappa shape index (κ1) is 17.2. The Morgan fingerprint density at radius 1 is 1.25 bits per heavy atom. The zero-order chi connectivity index (χ0) is 17.1. The van der Waals surface area contributed by atoms with Crippen molar-refractivity contribution in [3.63, 3.8) is 0 Å². The van der Waals surface area contributed by atoms with Crippen molar-refractivity contribution in [1.82, 2.24) is 15.5 Å². The second-order valence-corrected chi connectivity index (χ2v) is 7.09. The van der Waals surface area contributed by atoms with E-state index in [1.807, 2.05) is 17.0 Å². The highest BCUT2D eigenvalue weighted by atomic mass is 35.5. The van der Waals surface area contributed by atoms with Crippen molar-refractivity contribution in [2.75, 3.05) is 20.1 Å². The first-order valence-electron chi connectivity index (χ1n) is 8.60. The fraction of sp³-hybridized carbons (Fsp3) is 0.556. The van der Waals surface area contributed by atoms with Crippen molar-refractivity contribution in [2.24, 2.45) is 5.92 Å². The van der Waals surface area contributed by atoms with Crippen LogP contribution in [-0.4, -0.2) is 42.9 Å². The van der Waals surface area contributed by atoms with Gasteiger partial charge >= 0.3 is 0 Å². The molecule has 2 amide bonds. The van der Waals surface area contributed by atoms with Crippen LogP contribution in [0.4, 0.5) is 0 Å². The molecule has 1 heterocycles. The summed E-state index contributed by atoms with van der Waals surface area (Å²) in [7, 11) is 1.63. The molecule has 0 bridgehead atoms. The minimum atomic E-state index is -0.466. The van der Waals surface area contributed by atoms with Crippen LogP contribution < -0.4 is 10.6 Å². The molecule has 2 fully saturated rings. The molecule has 24 heavy (non-hydrogen) atoms. The van der Waals surface area contributed by atoms with E-state index < -0.39 is 6.04 Å². The number of rotatable bonds is 6. The summed E-state index contributed by atoms with van der Waals surface area (Å²) in [5.41, 5.74) is 0.862. The number of hydrogen-bond donors (Lipinski definition) is 2. The largest absolute Gasteiger partial charge is 0.358 e. The molecule has 0 spiro atoms. The summed E-state index contributed by atoms with van der Waals surface area (Å²) in [5, 5.41) is 6.42. The molecule has 1 aliphatic heterocycles. The fourth-order valence-electron chi connectivity index (χ4n) is 3.34. The topological polar surface area (TPSA) is 61.4 Å². The lowest BCUT2D eigenvalue weighted by atomic mass is 10.0. The Kier molecular flexibility index (Phi) is 5.41. The van der Waals surface area contributed by atoms with Gasteiger partial charge < -0.3 is 10.6 Å². The smallest absolute Gasteiger partial charge is 0.241 e. The number of nitrogens with zero attached hydrogens (tertiary/aromatic N) is 1. The predicted molar refractivity (Wildman–Crippen MR) is 93.7 cm³/mol. The van der Waals surface area contributed by atoms with Crippen LogP contribution in [0.3, 0.4) is 0 Å². The molecule has 0 aromatic heterocycles. The van der Waals surface area contributed by atoms with Gasteiger partial charge in [-0.3, -0.25) is 14.5 Å². The van der Waals surface area contributed by atoms with E-state index in [1.54, 1.807) is 19.2 Å². The van der Waals surface area contributed by atoms with E-state index in [2.05, 4.69) is 10.6 Å². The lowest BCUT2D eigenvalue weighted by molar-refractivity contribution is -0.131. The third kappa shape index (κ3) is 3.90. The highest BCUT2D eigenvalue weighted by Crippen LogP contribution is 2.31. The third-order valence-electron chi connectivity index (χ3n) is 4.87. The van der Waals surface area contributed by atoms with Crippen molar-refractivity contribution >= 4 is 23.4 Å². The number of likely N-dealkylation sites (tertiary alicyclic amines) is 1. The summed E-state index contributed by atoms with van der Waals surface area (Å²) in [4.78, 5) is 27.1. The van der Waals surface area contributed by atoms with Crippen LogP contribution in [0.5, 0.6) is 0 Å². The minimum Gasteiger partial charge on any atom is -0.358 e. The summed E-state index contributed by atoms with van der Waals surface area (Å²) in [6, 6.07) is 6.57. The van der Waals surface area contributed by atoms with Gasteiger partial charge in [-0.05, 0) is 49.3 Å². The van der Waals surface area contributed by atoms with Crippen molar-refractivity contribution in [1.29, 1.82) is 0 Å². The zero-order valence-corrected chi connectivity index (χ0v) is 14.7. The molecule has 2 aliphatic rings. The summed E-state index contributed by atoms with van der Waals surface area (Å²) < 4.78 is 0. The van der Waals surface area contributed by atoms with Gasteiger partial charge in [0.1, 0.15) is 6.04 Å². The molecule has 2 unspecified atom stereocenters. The van der Waals surface area contributed by atoms with Crippen LogP contribution in [0, 0.1) is 5.92 Å². The fourth-order valence-corrected chi connectivity index (χ4v) is 3.47. The molecule has 5 nitrogen and oxygen atoms in total. The van der Waals surface area contributed by atoms with Crippen molar-refractivity contribution in [3.8, 4) is 0 Å². The molecule has 130 valence electrons. The number of carbonyl (C=O) groups is 2. The lowest BCUT2D eigenvalue weighted by Gasteiger charge is -2.31. The third-order valence-corrected chi connectivity index (χ3v) is 5.12. The van der Waals surface area contributed by atoms with Gasteiger partial charge in [0.15, 0.2) is 0 Å². The van der Waals surface area contributed by atoms with Crippen molar-refractivity contribution in [3.05, 3.63) is 34.9 Å². The molecule has 2 N–H and O–H groups in total. The summed E-state index contributed by atoms with van der Waals surface area (Å²) >= 11 is 5.97. The van der Waals surface area contributed by atoms with E-state index in [1.165, 1.54) is 12.8 Å². The number of carbonyl (C=O) groups excluding carboxylic acids is 2. The van der Waals surface area contributed by atoms with Crippen molar-refractivity contribution < 1.29 is 9.59 Å². The normalized spacial score (nSPS) is 22.2. The molecular weight excluding hydrogens is 326 g/mol.